The topological polar surface area (TPSA) is 216 Å². The minimum Gasteiger partial charge on any atom is -0.481 e. The lowest BCUT2D eigenvalue weighted by atomic mass is 10.1. The molecule has 0 aromatic rings. The Morgan fingerprint density at radius 3 is 2.13 bits per heavy atom. The van der Waals surface area contributed by atoms with Crippen LogP contribution >= 0.6 is 0 Å². The largest absolute Gasteiger partial charge is 0.481 e. The number of hydrogen-bond acceptors (Lipinski definition) is 7. The molecular weight excluding hydrogens is 416 g/mol. The van der Waals surface area contributed by atoms with Gasteiger partial charge >= 0.3 is 17.9 Å². The second-order valence-corrected chi connectivity index (χ2v) is 7.29. The number of carboxylic acids is 3. The lowest BCUT2D eigenvalue weighted by molar-refractivity contribution is -0.144. The van der Waals surface area contributed by atoms with Crippen molar-refractivity contribution in [2.24, 2.45) is 5.73 Å². The first-order valence-corrected chi connectivity index (χ1v) is 9.77. The van der Waals surface area contributed by atoms with E-state index < -0.39 is 66.2 Å². The second-order valence-electron chi connectivity index (χ2n) is 7.29. The summed E-state index contributed by atoms with van der Waals surface area (Å²) in [6.07, 6.45) is -0.304. The van der Waals surface area contributed by atoms with Crippen molar-refractivity contribution >= 4 is 35.6 Å². The number of hydrogen-bond donors (Lipinski definition) is 6. The fourth-order valence-electron chi connectivity index (χ4n) is 3.12. The molecule has 0 aromatic heterocycles. The van der Waals surface area contributed by atoms with Gasteiger partial charge in [0.15, 0.2) is 0 Å². The number of carboxylic acid groups (broad SMARTS) is 3. The molecule has 13 nitrogen and oxygen atoms in total. The first kappa shape index (κ1) is 25.8. The molecule has 0 saturated carbocycles. The molecule has 174 valence electrons. The molecule has 0 aromatic carbocycles. The first-order valence-electron chi connectivity index (χ1n) is 9.77. The number of nitrogens with two attached hydrogens (primary N) is 1. The SMILES string of the molecule is CC(NC(=O)C1CCCN1C(=O)C(N)CCC(=O)O)C(=O)NC(CCC(=O)O)C(=O)O. The van der Waals surface area contributed by atoms with Gasteiger partial charge in [0.05, 0.1) is 6.04 Å². The highest BCUT2D eigenvalue weighted by Crippen LogP contribution is 2.19. The van der Waals surface area contributed by atoms with Gasteiger partial charge in [-0.25, -0.2) is 4.79 Å². The van der Waals surface area contributed by atoms with Crippen LogP contribution in [0.3, 0.4) is 0 Å². The first-order chi connectivity index (χ1) is 14.4. The maximum absolute atomic E-state index is 12.6. The van der Waals surface area contributed by atoms with Gasteiger partial charge in [-0.1, -0.05) is 0 Å². The van der Waals surface area contributed by atoms with Crippen molar-refractivity contribution in [3.05, 3.63) is 0 Å². The molecule has 1 aliphatic heterocycles. The lowest BCUT2D eigenvalue weighted by Crippen LogP contribution is -2.55. The van der Waals surface area contributed by atoms with Gasteiger partial charge in [-0.2, -0.15) is 0 Å². The zero-order valence-electron chi connectivity index (χ0n) is 17.1. The molecule has 7 N–H and O–H groups in total. The molecule has 0 bridgehead atoms. The third-order valence-corrected chi connectivity index (χ3v) is 4.84. The molecule has 4 unspecified atom stereocenters. The monoisotopic (exact) mass is 444 g/mol. The predicted molar refractivity (Wildman–Crippen MR) is 104 cm³/mol. The molecule has 0 aliphatic carbocycles. The molecule has 1 rings (SSSR count). The van der Waals surface area contributed by atoms with Crippen LogP contribution in [0.25, 0.3) is 0 Å². The Morgan fingerprint density at radius 2 is 1.58 bits per heavy atom. The van der Waals surface area contributed by atoms with E-state index in [1.165, 1.54) is 11.8 Å². The van der Waals surface area contributed by atoms with Crippen LogP contribution < -0.4 is 16.4 Å². The van der Waals surface area contributed by atoms with E-state index in [1.807, 2.05) is 0 Å². The molecule has 13 heteroatoms. The highest BCUT2D eigenvalue weighted by atomic mass is 16.4. The molecule has 1 heterocycles. The summed E-state index contributed by atoms with van der Waals surface area (Å²) in [4.78, 5) is 71.0. The summed E-state index contributed by atoms with van der Waals surface area (Å²) in [6.45, 7) is 1.58. The van der Waals surface area contributed by atoms with Gasteiger partial charge in [0.2, 0.25) is 17.7 Å². The van der Waals surface area contributed by atoms with Crippen LogP contribution in [0.5, 0.6) is 0 Å². The molecule has 31 heavy (non-hydrogen) atoms. The van der Waals surface area contributed by atoms with Gasteiger partial charge < -0.3 is 36.6 Å². The predicted octanol–water partition coefficient (Wildman–Crippen LogP) is -1.89. The summed E-state index contributed by atoms with van der Waals surface area (Å²) in [5.41, 5.74) is 5.74. The smallest absolute Gasteiger partial charge is 0.326 e. The van der Waals surface area contributed by atoms with Crippen molar-refractivity contribution in [3.63, 3.8) is 0 Å². The Kier molecular flexibility index (Phi) is 9.86. The average molecular weight is 444 g/mol. The summed E-state index contributed by atoms with van der Waals surface area (Å²) in [5, 5.41) is 31.1. The van der Waals surface area contributed by atoms with E-state index in [9.17, 15) is 28.8 Å². The molecular formula is C18H28N4O9. The standard InChI is InChI=1S/C18H28N4O9/c1-9(15(27)21-11(18(30)31)5-7-14(25)26)20-16(28)12-3-2-8-22(12)17(29)10(19)4-6-13(23)24/h9-12H,2-8,19H2,1H3,(H,20,28)(H,21,27)(H,23,24)(H,25,26)(H,30,31). The Hall–Kier alpha value is -3.22. The normalized spacial score (nSPS) is 18.5. The van der Waals surface area contributed by atoms with Crippen LogP contribution in [-0.4, -0.2) is 86.6 Å². The maximum atomic E-state index is 12.6. The Labute approximate surface area is 177 Å². The van der Waals surface area contributed by atoms with E-state index in [1.54, 1.807) is 0 Å². The van der Waals surface area contributed by atoms with Gasteiger partial charge in [-0.05, 0) is 32.6 Å². The fraction of sp³-hybridized carbons (Fsp3) is 0.667. The number of nitrogens with one attached hydrogen (secondary N) is 2. The van der Waals surface area contributed by atoms with Crippen molar-refractivity contribution < 1.29 is 44.1 Å². The molecule has 4 atom stereocenters. The Morgan fingerprint density at radius 1 is 1.00 bits per heavy atom. The van der Waals surface area contributed by atoms with Gasteiger partial charge in [-0.3, -0.25) is 24.0 Å². The third kappa shape index (κ3) is 8.20. The average Bonchev–Trinajstić information content (AvgIpc) is 3.17. The van der Waals surface area contributed by atoms with E-state index in [4.69, 9.17) is 21.1 Å². The van der Waals surface area contributed by atoms with E-state index in [0.29, 0.717) is 12.8 Å². The van der Waals surface area contributed by atoms with E-state index in [0.717, 1.165) is 0 Å². The highest BCUT2D eigenvalue weighted by Gasteiger charge is 2.37. The number of carbonyl (C=O) groups is 6. The number of rotatable bonds is 12. The molecule has 0 spiro atoms. The number of nitrogens with zero attached hydrogens (tertiary/aromatic N) is 1. The minimum atomic E-state index is -1.43. The zero-order chi connectivity index (χ0) is 23.7. The van der Waals surface area contributed by atoms with Crippen LogP contribution in [-0.2, 0) is 28.8 Å². The molecule has 1 aliphatic rings. The van der Waals surface area contributed by atoms with Crippen LogP contribution in [0.15, 0.2) is 0 Å². The molecule has 1 saturated heterocycles. The summed E-state index contributed by atoms with van der Waals surface area (Å²) in [5.74, 6) is -5.72. The third-order valence-electron chi connectivity index (χ3n) is 4.84. The van der Waals surface area contributed by atoms with Crippen LogP contribution in [0.2, 0.25) is 0 Å². The van der Waals surface area contributed by atoms with Gasteiger partial charge in [-0.15, -0.1) is 0 Å². The van der Waals surface area contributed by atoms with Gasteiger partial charge in [0.25, 0.3) is 0 Å². The van der Waals surface area contributed by atoms with Crippen LogP contribution in [0, 0.1) is 0 Å². The van der Waals surface area contributed by atoms with Crippen molar-refractivity contribution in [2.75, 3.05) is 6.54 Å². The summed E-state index contributed by atoms with van der Waals surface area (Å²) >= 11 is 0. The van der Waals surface area contributed by atoms with Crippen LogP contribution in [0.4, 0.5) is 0 Å². The molecule has 0 radical (unpaired) electrons. The minimum absolute atomic E-state index is 0.0786. The lowest BCUT2D eigenvalue weighted by Gasteiger charge is -2.27. The maximum Gasteiger partial charge on any atom is 0.326 e. The summed E-state index contributed by atoms with van der Waals surface area (Å²) in [7, 11) is 0. The number of carbonyl (C=O) groups excluding carboxylic acids is 3. The van der Waals surface area contributed by atoms with E-state index >= 15 is 0 Å². The Balaban J connectivity index is 2.67. The number of aliphatic carboxylic acids is 3. The van der Waals surface area contributed by atoms with Gasteiger partial charge in [0.1, 0.15) is 18.1 Å². The summed E-state index contributed by atoms with van der Waals surface area (Å²) < 4.78 is 0. The van der Waals surface area contributed by atoms with Crippen molar-refractivity contribution in [1.82, 2.24) is 15.5 Å². The highest BCUT2D eigenvalue weighted by molar-refractivity contribution is 5.94. The van der Waals surface area contributed by atoms with E-state index in [-0.39, 0.29) is 25.8 Å². The molecule has 1 fully saturated rings. The van der Waals surface area contributed by atoms with Crippen molar-refractivity contribution in [2.45, 2.75) is 69.6 Å². The Bertz CT molecular complexity index is 727. The second kappa shape index (κ2) is 11.8. The van der Waals surface area contributed by atoms with Crippen molar-refractivity contribution in [3.8, 4) is 0 Å². The van der Waals surface area contributed by atoms with Gasteiger partial charge in [0, 0.05) is 19.4 Å². The van der Waals surface area contributed by atoms with E-state index in [2.05, 4.69) is 10.6 Å². The number of likely N-dealkylation sites (tertiary alicyclic amines) is 1. The summed E-state index contributed by atoms with van der Waals surface area (Å²) in [6, 6.07) is -4.53. The fourth-order valence-corrected chi connectivity index (χ4v) is 3.12. The van der Waals surface area contributed by atoms with Crippen LogP contribution in [0.1, 0.15) is 45.4 Å². The number of amides is 3. The van der Waals surface area contributed by atoms with Crippen molar-refractivity contribution in [1.29, 1.82) is 0 Å². The zero-order valence-corrected chi connectivity index (χ0v) is 17.1. The quantitative estimate of drug-likeness (QED) is 0.197. The molecule has 3 amide bonds.